The van der Waals surface area contributed by atoms with Crippen molar-refractivity contribution in [3.8, 4) is 16.3 Å². The molecule has 3 aromatic heterocycles. The van der Waals surface area contributed by atoms with Crippen LogP contribution in [0.1, 0.15) is 30.1 Å². The monoisotopic (exact) mass is 547 g/mol. The summed E-state index contributed by atoms with van der Waals surface area (Å²) in [5.74, 6) is 1.19. The van der Waals surface area contributed by atoms with E-state index in [0.29, 0.717) is 18.0 Å². The molecular weight excluding hydrogens is 530 g/mol. The second-order valence-electron chi connectivity index (χ2n) is 6.67. The maximum absolute atomic E-state index is 13.0. The molecule has 0 unspecified atom stereocenters. The highest BCUT2D eigenvalue weighted by molar-refractivity contribution is 9.11. The van der Waals surface area contributed by atoms with Crippen molar-refractivity contribution in [3.63, 3.8) is 0 Å². The first-order chi connectivity index (χ1) is 14.6. The molecule has 0 fully saturated rings. The smallest absolute Gasteiger partial charge is 0.256 e. The Labute approximate surface area is 195 Å². The molecule has 0 aliphatic rings. The number of thiophene rings is 1. The van der Waals surface area contributed by atoms with Crippen molar-refractivity contribution in [1.82, 2.24) is 9.38 Å². The second kappa shape index (κ2) is 9.32. The standard InChI is InChI=1S/C22H19Br2N3O2S/c1-2-3-10-29-16-8-6-14(7-9-16)22(28)26-21-19(18-5-4-11-30-18)25-20-17(24)12-15(23)13-27(20)21/h4-9,11-13H,2-3,10H2,1H3,(H,26,28). The fraction of sp³-hybridized carbons (Fsp3) is 0.182. The van der Waals surface area contributed by atoms with Gasteiger partial charge in [0.1, 0.15) is 17.3 Å². The first kappa shape index (κ1) is 21.1. The molecule has 0 aliphatic carbocycles. The van der Waals surface area contributed by atoms with E-state index < -0.39 is 0 Å². The van der Waals surface area contributed by atoms with Gasteiger partial charge < -0.3 is 10.1 Å². The number of imidazole rings is 1. The van der Waals surface area contributed by atoms with E-state index in [9.17, 15) is 4.79 Å². The van der Waals surface area contributed by atoms with Gasteiger partial charge >= 0.3 is 0 Å². The number of pyridine rings is 1. The molecule has 1 aromatic carbocycles. The van der Waals surface area contributed by atoms with Crippen molar-refractivity contribution in [3.05, 3.63) is 68.6 Å². The van der Waals surface area contributed by atoms with Crippen LogP contribution in [0.3, 0.4) is 0 Å². The van der Waals surface area contributed by atoms with E-state index in [1.54, 1.807) is 23.5 Å². The molecular formula is C22H19Br2N3O2S. The fourth-order valence-electron chi connectivity index (χ4n) is 2.99. The predicted octanol–water partition coefficient (Wildman–Crippen LogP) is 7.02. The normalized spacial score (nSPS) is 11.0. The number of carbonyl (C=O) groups excluding carboxylic acids is 1. The number of aromatic nitrogens is 2. The van der Waals surface area contributed by atoms with Gasteiger partial charge in [0.25, 0.3) is 5.91 Å². The third-order valence-corrected chi connectivity index (χ3v) is 6.41. The van der Waals surface area contributed by atoms with Gasteiger partial charge in [-0.25, -0.2) is 4.98 Å². The number of fused-ring (bicyclic) bond motifs is 1. The number of ether oxygens (including phenoxy) is 1. The van der Waals surface area contributed by atoms with Gasteiger partial charge in [-0.05, 0) is 80.1 Å². The number of amides is 1. The largest absolute Gasteiger partial charge is 0.494 e. The first-order valence-electron chi connectivity index (χ1n) is 9.52. The minimum atomic E-state index is -0.203. The number of nitrogens with zero attached hydrogens (tertiary/aromatic N) is 2. The van der Waals surface area contributed by atoms with Crippen LogP contribution in [0.15, 0.2) is 63.0 Å². The van der Waals surface area contributed by atoms with Crippen molar-refractivity contribution in [2.75, 3.05) is 11.9 Å². The Morgan fingerprint density at radius 2 is 2.03 bits per heavy atom. The van der Waals surface area contributed by atoms with Gasteiger partial charge in [0.2, 0.25) is 0 Å². The lowest BCUT2D eigenvalue weighted by Gasteiger charge is -2.09. The van der Waals surface area contributed by atoms with Crippen molar-refractivity contribution in [2.24, 2.45) is 0 Å². The van der Waals surface area contributed by atoms with Crippen LogP contribution >= 0.6 is 43.2 Å². The van der Waals surface area contributed by atoms with Gasteiger partial charge in [-0.2, -0.15) is 0 Å². The quantitative estimate of drug-likeness (QED) is 0.252. The number of anilines is 1. The van der Waals surface area contributed by atoms with Gasteiger partial charge in [0.15, 0.2) is 5.65 Å². The summed E-state index contributed by atoms with van der Waals surface area (Å²) < 4.78 is 9.28. The zero-order chi connectivity index (χ0) is 21.1. The molecule has 1 amide bonds. The maximum atomic E-state index is 13.0. The van der Waals surface area contributed by atoms with Gasteiger partial charge in [0.05, 0.1) is 16.0 Å². The number of hydrogen-bond acceptors (Lipinski definition) is 4. The SMILES string of the molecule is CCCCOc1ccc(C(=O)Nc2c(-c3cccs3)nc3c(Br)cc(Br)cn23)cc1. The first-order valence-corrected chi connectivity index (χ1v) is 12.0. The van der Waals surface area contributed by atoms with E-state index in [4.69, 9.17) is 9.72 Å². The molecule has 30 heavy (non-hydrogen) atoms. The van der Waals surface area contributed by atoms with Gasteiger partial charge in [0, 0.05) is 16.2 Å². The Hall–Kier alpha value is -2.16. The summed E-state index contributed by atoms with van der Waals surface area (Å²) in [5.41, 5.74) is 2.02. The minimum absolute atomic E-state index is 0.203. The van der Waals surface area contributed by atoms with Crippen LogP contribution in [0.25, 0.3) is 16.2 Å². The molecule has 0 bridgehead atoms. The molecule has 154 valence electrons. The summed E-state index contributed by atoms with van der Waals surface area (Å²) in [6.45, 7) is 2.80. The maximum Gasteiger partial charge on any atom is 0.256 e. The summed E-state index contributed by atoms with van der Waals surface area (Å²) in [5, 5.41) is 5.04. The third kappa shape index (κ3) is 4.45. The molecule has 0 atom stereocenters. The van der Waals surface area contributed by atoms with Crippen LogP contribution in [0.4, 0.5) is 5.82 Å². The highest BCUT2D eigenvalue weighted by atomic mass is 79.9. The number of rotatable bonds is 7. The third-order valence-electron chi connectivity index (χ3n) is 4.51. The highest BCUT2D eigenvalue weighted by Crippen LogP contribution is 2.35. The van der Waals surface area contributed by atoms with Crippen LogP contribution in [0, 0.1) is 0 Å². The van der Waals surface area contributed by atoms with Gasteiger partial charge in [-0.1, -0.05) is 19.4 Å². The summed E-state index contributed by atoms with van der Waals surface area (Å²) >= 11 is 8.66. The number of benzene rings is 1. The van der Waals surface area contributed by atoms with Gasteiger partial charge in [-0.15, -0.1) is 11.3 Å². The van der Waals surface area contributed by atoms with E-state index in [-0.39, 0.29) is 5.91 Å². The summed E-state index contributed by atoms with van der Waals surface area (Å²) in [7, 11) is 0. The van der Waals surface area contributed by atoms with E-state index in [2.05, 4.69) is 44.1 Å². The van der Waals surface area contributed by atoms with E-state index >= 15 is 0 Å². The van der Waals surface area contributed by atoms with Crippen LogP contribution in [-0.4, -0.2) is 21.9 Å². The lowest BCUT2D eigenvalue weighted by molar-refractivity contribution is 0.102. The van der Waals surface area contributed by atoms with E-state index in [1.807, 2.05) is 46.3 Å². The minimum Gasteiger partial charge on any atom is -0.494 e. The molecule has 4 rings (SSSR count). The van der Waals surface area contributed by atoms with E-state index in [0.717, 1.165) is 43.8 Å². The highest BCUT2D eigenvalue weighted by Gasteiger charge is 2.20. The van der Waals surface area contributed by atoms with Crippen molar-refractivity contribution >= 4 is 60.6 Å². The van der Waals surface area contributed by atoms with Crippen molar-refractivity contribution in [1.29, 1.82) is 0 Å². The Bertz CT molecular complexity index is 1170. The molecule has 3 heterocycles. The molecule has 8 heteroatoms. The Balaban J connectivity index is 1.66. The van der Waals surface area contributed by atoms with Crippen LogP contribution in [-0.2, 0) is 0 Å². The lowest BCUT2D eigenvalue weighted by atomic mass is 10.2. The number of carbonyl (C=O) groups is 1. The van der Waals surface area contributed by atoms with Crippen molar-refractivity contribution < 1.29 is 9.53 Å². The number of hydrogen-bond donors (Lipinski definition) is 1. The molecule has 5 nitrogen and oxygen atoms in total. The average Bonchev–Trinajstić information content (AvgIpc) is 3.37. The Kier molecular flexibility index (Phi) is 6.55. The molecule has 0 radical (unpaired) electrons. The zero-order valence-corrected chi connectivity index (χ0v) is 20.2. The average molecular weight is 549 g/mol. The lowest BCUT2D eigenvalue weighted by Crippen LogP contribution is -2.14. The molecule has 0 aliphatic heterocycles. The predicted molar refractivity (Wildman–Crippen MR) is 129 cm³/mol. The number of halogens is 2. The van der Waals surface area contributed by atoms with E-state index in [1.165, 1.54) is 0 Å². The zero-order valence-electron chi connectivity index (χ0n) is 16.2. The molecule has 0 saturated carbocycles. The summed E-state index contributed by atoms with van der Waals surface area (Å²) in [6.07, 6.45) is 3.98. The Morgan fingerprint density at radius 3 is 2.73 bits per heavy atom. The summed E-state index contributed by atoms with van der Waals surface area (Å²) in [4.78, 5) is 18.8. The Morgan fingerprint density at radius 1 is 1.23 bits per heavy atom. The molecule has 0 spiro atoms. The molecule has 0 saturated heterocycles. The van der Waals surface area contributed by atoms with Crippen LogP contribution in [0.2, 0.25) is 0 Å². The van der Waals surface area contributed by atoms with Gasteiger partial charge in [-0.3, -0.25) is 9.20 Å². The second-order valence-corrected chi connectivity index (χ2v) is 9.38. The topological polar surface area (TPSA) is 55.6 Å². The molecule has 4 aromatic rings. The van der Waals surface area contributed by atoms with Crippen LogP contribution in [0.5, 0.6) is 5.75 Å². The van der Waals surface area contributed by atoms with Crippen LogP contribution < -0.4 is 10.1 Å². The number of unbranched alkanes of at least 4 members (excludes halogenated alkanes) is 1. The van der Waals surface area contributed by atoms with Crippen molar-refractivity contribution in [2.45, 2.75) is 19.8 Å². The summed E-state index contributed by atoms with van der Waals surface area (Å²) in [6, 6.07) is 13.1. The number of nitrogens with one attached hydrogen (secondary N) is 1. The fourth-order valence-corrected chi connectivity index (χ4v) is 4.98. The molecule has 1 N–H and O–H groups in total.